The molecule has 248 valence electrons. The first-order valence-electron chi connectivity index (χ1n) is 13.5. The molecule has 0 aliphatic carbocycles. The predicted molar refractivity (Wildman–Crippen MR) is 133 cm³/mol. The molecule has 3 saturated heterocycles. The van der Waals surface area contributed by atoms with Gasteiger partial charge in [0.05, 0.1) is 12.7 Å². The van der Waals surface area contributed by atoms with Crippen LogP contribution in [0, 0.1) is 0 Å². The number of carbonyl (C=O) groups excluding carboxylic acids is 1. The van der Waals surface area contributed by atoms with Crippen molar-refractivity contribution in [1.29, 1.82) is 0 Å². The van der Waals surface area contributed by atoms with Gasteiger partial charge in [0, 0.05) is 6.92 Å². The van der Waals surface area contributed by atoms with Gasteiger partial charge in [-0.3, -0.25) is 4.79 Å². The van der Waals surface area contributed by atoms with E-state index >= 15 is 0 Å². The lowest BCUT2D eigenvalue weighted by atomic mass is 9.94. The number of carbonyl (C=O) groups is 3. The van der Waals surface area contributed by atoms with Gasteiger partial charge in [0.2, 0.25) is 5.91 Å². The number of rotatable bonds is 11. The van der Waals surface area contributed by atoms with Crippen molar-refractivity contribution in [2.45, 2.75) is 125 Å². The molecule has 0 saturated carbocycles. The Balaban J connectivity index is 1.86. The van der Waals surface area contributed by atoms with Gasteiger partial charge in [-0.2, -0.15) is 0 Å². The second kappa shape index (κ2) is 14.8. The number of amides is 1. The Labute approximate surface area is 244 Å². The highest BCUT2D eigenvalue weighted by molar-refractivity contribution is 5.74. The van der Waals surface area contributed by atoms with E-state index in [0.717, 1.165) is 6.92 Å². The van der Waals surface area contributed by atoms with Gasteiger partial charge in [0.1, 0.15) is 61.0 Å². The van der Waals surface area contributed by atoms with Crippen LogP contribution in [0.15, 0.2) is 0 Å². The summed E-state index contributed by atoms with van der Waals surface area (Å²) in [4.78, 5) is 35.5. The Morgan fingerprint density at radius 1 is 0.744 bits per heavy atom. The van der Waals surface area contributed by atoms with Gasteiger partial charge in [-0.1, -0.05) is 6.92 Å². The van der Waals surface area contributed by atoms with Crippen molar-refractivity contribution in [3.63, 3.8) is 0 Å². The Morgan fingerprint density at radius 3 is 1.84 bits per heavy atom. The molecule has 3 fully saturated rings. The van der Waals surface area contributed by atoms with Crippen LogP contribution in [-0.4, -0.2) is 169 Å². The molecule has 19 nitrogen and oxygen atoms in total. The quantitative estimate of drug-likeness (QED) is 0.102. The summed E-state index contributed by atoms with van der Waals surface area (Å²) < 4.78 is 32.7. The monoisotopic (exact) mass is 629 g/mol. The van der Waals surface area contributed by atoms with E-state index in [9.17, 15) is 60.3 Å². The number of hydrogen-bond donors (Lipinski definition) is 10. The van der Waals surface area contributed by atoms with E-state index in [1.807, 2.05) is 0 Å². The fourth-order valence-electron chi connectivity index (χ4n) is 4.84. The third kappa shape index (κ3) is 7.76. The average molecular weight is 630 g/mol. The van der Waals surface area contributed by atoms with Crippen molar-refractivity contribution in [1.82, 2.24) is 5.32 Å². The molecular weight excluding hydrogens is 590 g/mol. The van der Waals surface area contributed by atoms with Gasteiger partial charge >= 0.3 is 11.9 Å². The highest BCUT2D eigenvalue weighted by atomic mass is 16.8. The topological polar surface area (TPSA) is 301 Å². The molecule has 0 aromatic heterocycles. The van der Waals surface area contributed by atoms with Crippen LogP contribution >= 0.6 is 0 Å². The van der Waals surface area contributed by atoms with E-state index in [2.05, 4.69) is 5.32 Å². The van der Waals surface area contributed by atoms with Crippen LogP contribution in [0.4, 0.5) is 0 Å². The average Bonchev–Trinajstić information content (AvgIpc) is 2.94. The van der Waals surface area contributed by atoms with Crippen LogP contribution in [0.2, 0.25) is 0 Å². The highest BCUT2D eigenvalue weighted by Crippen LogP contribution is 2.33. The zero-order valence-corrected chi connectivity index (χ0v) is 23.4. The van der Waals surface area contributed by atoms with Crippen LogP contribution < -0.4 is 5.32 Å². The Morgan fingerprint density at radius 2 is 1.30 bits per heavy atom. The largest absolute Gasteiger partial charge is 0.479 e. The number of aliphatic hydroxyl groups excluding tert-OH is 7. The smallest absolute Gasteiger partial charge is 0.335 e. The highest BCUT2D eigenvalue weighted by Gasteiger charge is 2.55. The maximum atomic E-state index is 12.0. The standard InChI is InChI=1S/C24H39NO18/c1-4-6(2)38-23-15(33)13(31)17(19(43-23)21(36)37)41-22-9(25-7(3)27)10(28)16(8(5-26)39-22)40-24-14(32)11(29)12(30)18(42-24)20(34)35/h6,8-19,22-24,26,28-33H,4-5H2,1-3H3,(H,25,27)(H,34,35)(H,36,37)/t6-,8-,9-,10-,11+,12+,13-,14-,15-,16-,17+,18+,19+,22-,23-,24-/m1/s1. The summed E-state index contributed by atoms with van der Waals surface area (Å²) in [5.74, 6) is -4.10. The third-order valence-electron chi connectivity index (χ3n) is 7.35. The van der Waals surface area contributed by atoms with Crippen molar-refractivity contribution >= 4 is 17.8 Å². The summed E-state index contributed by atoms with van der Waals surface area (Å²) in [6, 6.07) is -1.63. The number of carboxylic acid groups (broad SMARTS) is 2. The van der Waals surface area contributed by atoms with Gasteiger partial charge in [0.25, 0.3) is 0 Å². The molecule has 3 aliphatic rings. The Kier molecular flexibility index (Phi) is 12.2. The molecule has 3 aliphatic heterocycles. The zero-order chi connectivity index (χ0) is 32.3. The SMILES string of the molecule is CC[C@@H](C)O[C@@H]1O[C@H](C(=O)O)[C@@H](O[C@H]2O[C@H](CO)[C@@H](O[C@@H]3O[C@H](C(=O)O)[C@@H](O)[C@H](O)[C@H]3O)[C@H](O)[C@H]2NC(C)=O)[C@H](O)[C@H]1O. The molecule has 16 atom stereocenters. The van der Waals surface area contributed by atoms with Crippen LogP contribution in [-0.2, 0) is 42.8 Å². The predicted octanol–water partition coefficient (Wildman–Crippen LogP) is -5.42. The summed E-state index contributed by atoms with van der Waals surface area (Å²) in [6.07, 6.45) is -26.4. The molecule has 19 heteroatoms. The van der Waals surface area contributed by atoms with Crippen molar-refractivity contribution in [2.75, 3.05) is 6.61 Å². The summed E-state index contributed by atoms with van der Waals surface area (Å²) in [7, 11) is 0. The lowest BCUT2D eigenvalue weighted by Gasteiger charge is -2.48. The number of carboxylic acids is 2. The van der Waals surface area contributed by atoms with Crippen LogP contribution in [0.5, 0.6) is 0 Å². The third-order valence-corrected chi connectivity index (χ3v) is 7.35. The van der Waals surface area contributed by atoms with Crippen molar-refractivity contribution in [3.05, 3.63) is 0 Å². The normalized spacial score (nSPS) is 44.4. The van der Waals surface area contributed by atoms with Crippen LogP contribution in [0.3, 0.4) is 0 Å². The van der Waals surface area contributed by atoms with E-state index in [4.69, 9.17) is 28.4 Å². The molecule has 3 rings (SSSR count). The molecule has 0 spiro atoms. The maximum Gasteiger partial charge on any atom is 0.335 e. The van der Waals surface area contributed by atoms with Crippen molar-refractivity contribution < 1.29 is 88.8 Å². The molecule has 10 N–H and O–H groups in total. The van der Waals surface area contributed by atoms with E-state index in [1.54, 1.807) is 13.8 Å². The fraction of sp³-hybridized carbons (Fsp3) is 0.875. The number of hydrogen-bond acceptors (Lipinski definition) is 16. The van der Waals surface area contributed by atoms with Crippen molar-refractivity contribution in [2.24, 2.45) is 0 Å². The minimum absolute atomic E-state index is 0.470. The maximum absolute atomic E-state index is 12.0. The zero-order valence-electron chi connectivity index (χ0n) is 23.4. The number of aliphatic hydroxyl groups is 7. The molecule has 0 bridgehead atoms. The van der Waals surface area contributed by atoms with Crippen molar-refractivity contribution in [3.8, 4) is 0 Å². The molecule has 43 heavy (non-hydrogen) atoms. The summed E-state index contributed by atoms with van der Waals surface area (Å²) in [6.45, 7) is 3.49. The molecule has 0 radical (unpaired) electrons. The second-order valence-corrected chi connectivity index (χ2v) is 10.5. The van der Waals surface area contributed by atoms with E-state index in [0.29, 0.717) is 6.42 Å². The van der Waals surface area contributed by atoms with Crippen LogP contribution in [0.25, 0.3) is 0 Å². The molecule has 0 aromatic carbocycles. The lowest BCUT2D eigenvalue weighted by molar-refractivity contribution is -0.363. The van der Waals surface area contributed by atoms with Crippen LogP contribution in [0.1, 0.15) is 27.2 Å². The first-order valence-corrected chi connectivity index (χ1v) is 13.5. The molecule has 3 heterocycles. The second-order valence-electron chi connectivity index (χ2n) is 10.5. The van der Waals surface area contributed by atoms with E-state index in [-0.39, 0.29) is 0 Å². The number of nitrogens with one attached hydrogen (secondary N) is 1. The van der Waals surface area contributed by atoms with Gasteiger partial charge in [0.15, 0.2) is 31.1 Å². The minimum Gasteiger partial charge on any atom is -0.479 e. The molecule has 0 aromatic rings. The fourth-order valence-corrected chi connectivity index (χ4v) is 4.84. The van der Waals surface area contributed by atoms with Gasteiger partial charge in [-0.05, 0) is 13.3 Å². The van der Waals surface area contributed by atoms with Gasteiger partial charge < -0.3 is 79.7 Å². The number of ether oxygens (including phenoxy) is 6. The first kappa shape index (κ1) is 35.4. The summed E-state index contributed by atoms with van der Waals surface area (Å²) >= 11 is 0. The van der Waals surface area contributed by atoms with Gasteiger partial charge in [-0.15, -0.1) is 0 Å². The summed E-state index contributed by atoms with van der Waals surface area (Å²) in [5.41, 5.74) is 0. The molecule has 0 unspecified atom stereocenters. The van der Waals surface area contributed by atoms with Gasteiger partial charge in [-0.25, -0.2) is 9.59 Å². The Bertz CT molecular complexity index is 971. The molecular formula is C24H39NO18. The van der Waals surface area contributed by atoms with E-state index < -0.39 is 123 Å². The lowest BCUT2D eigenvalue weighted by Crippen LogP contribution is -2.69. The van der Waals surface area contributed by atoms with E-state index in [1.165, 1.54) is 0 Å². The Hall–Kier alpha value is -2.11. The minimum atomic E-state index is -2.06. The first-order chi connectivity index (χ1) is 20.1. The summed E-state index contributed by atoms with van der Waals surface area (Å²) in [5, 5.41) is 94.3. The number of aliphatic carboxylic acids is 2. The molecule has 1 amide bonds.